The largest absolute Gasteiger partial charge is 0.495 e. The smallest absolute Gasteiger partial charge is 0.244 e. The van der Waals surface area contributed by atoms with Crippen LogP contribution in [0.5, 0.6) is 5.75 Å². The van der Waals surface area contributed by atoms with Gasteiger partial charge in [-0.3, -0.25) is 13.9 Å². The SMILES string of the molecule is COc1ccc(N(CC(=O)N(Cc2c(Cl)cccc2Cl)[C@@H](C)C(=O)NCC(C)C)S(C)(=O)=O)cc1Cl. The summed E-state index contributed by atoms with van der Waals surface area (Å²) in [5, 5.41) is 3.62. The molecule has 2 aromatic carbocycles. The number of halogens is 3. The molecule has 0 spiro atoms. The van der Waals surface area contributed by atoms with Crippen molar-refractivity contribution < 1.29 is 22.7 Å². The van der Waals surface area contributed by atoms with Gasteiger partial charge in [-0.2, -0.15) is 0 Å². The second-order valence-corrected chi connectivity index (χ2v) is 11.8. The Kier molecular flexibility index (Phi) is 10.7. The highest BCUT2D eigenvalue weighted by molar-refractivity contribution is 7.92. The van der Waals surface area contributed by atoms with Crippen LogP contribution in [0.4, 0.5) is 5.69 Å². The number of amides is 2. The van der Waals surface area contributed by atoms with Crippen molar-refractivity contribution in [3.8, 4) is 5.75 Å². The Morgan fingerprint density at radius 3 is 2.14 bits per heavy atom. The molecular weight excluding hydrogens is 549 g/mol. The first-order valence-corrected chi connectivity index (χ1v) is 14.1. The minimum atomic E-state index is -3.91. The molecule has 2 aromatic rings. The van der Waals surface area contributed by atoms with Gasteiger partial charge in [0.2, 0.25) is 21.8 Å². The number of anilines is 1. The molecule has 0 saturated heterocycles. The summed E-state index contributed by atoms with van der Waals surface area (Å²) in [7, 11) is -2.47. The quantitative estimate of drug-likeness (QED) is 0.420. The third kappa shape index (κ3) is 7.90. The van der Waals surface area contributed by atoms with Crippen LogP contribution in [0, 0.1) is 5.92 Å². The maximum atomic E-state index is 13.6. The van der Waals surface area contributed by atoms with E-state index in [0.29, 0.717) is 27.9 Å². The van der Waals surface area contributed by atoms with Gasteiger partial charge in [0.1, 0.15) is 18.3 Å². The Hall–Kier alpha value is -2.20. The van der Waals surface area contributed by atoms with E-state index in [-0.39, 0.29) is 23.2 Å². The summed E-state index contributed by atoms with van der Waals surface area (Å²) >= 11 is 18.9. The zero-order chi connectivity index (χ0) is 27.2. The standard InChI is InChI=1S/C24H30Cl3N3O5S/c1-15(2)12-28-24(32)16(3)29(13-18-19(25)7-6-8-20(18)26)23(31)14-30(36(5,33)34)17-9-10-22(35-4)21(27)11-17/h6-11,15-16H,12-14H2,1-5H3,(H,28,32)/t16-/m0/s1. The van der Waals surface area contributed by atoms with E-state index in [1.807, 2.05) is 13.8 Å². The Bertz CT molecular complexity index is 1190. The van der Waals surface area contributed by atoms with E-state index in [1.54, 1.807) is 25.1 Å². The molecule has 0 saturated carbocycles. The van der Waals surface area contributed by atoms with E-state index in [0.717, 1.165) is 10.6 Å². The Morgan fingerprint density at radius 2 is 1.64 bits per heavy atom. The van der Waals surface area contributed by atoms with E-state index in [9.17, 15) is 18.0 Å². The predicted molar refractivity (Wildman–Crippen MR) is 145 cm³/mol. The molecule has 0 aromatic heterocycles. The van der Waals surface area contributed by atoms with Crippen molar-refractivity contribution in [2.75, 3.05) is 30.8 Å². The molecule has 198 valence electrons. The van der Waals surface area contributed by atoms with E-state index < -0.39 is 34.4 Å². The maximum Gasteiger partial charge on any atom is 0.244 e. The predicted octanol–water partition coefficient (Wildman–Crippen LogP) is 4.61. The molecule has 0 bridgehead atoms. The normalized spacial score (nSPS) is 12.2. The maximum absolute atomic E-state index is 13.6. The van der Waals surface area contributed by atoms with Gasteiger partial charge in [0.15, 0.2) is 0 Å². The van der Waals surface area contributed by atoms with Crippen LogP contribution in [-0.4, -0.2) is 57.6 Å². The van der Waals surface area contributed by atoms with Gasteiger partial charge in [0.05, 0.1) is 24.1 Å². The molecule has 0 aliphatic rings. The number of nitrogens with one attached hydrogen (secondary N) is 1. The minimum Gasteiger partial charge on any atom is -0.495 e. The highest BCUT2D eigenvalue weighted by Gasteiger charge is 2.31. The molecule has 2 rings (SSSR count). The fraction of sp³-hybridized carbons (Fsp3) is 0.417. The second-order valence-electron chi connectivity index (χ2n) is 8.63. The lowest BCUT2D eigenvalue weighted by Crippen LogP contribution is -2.51. The van der Waals surface area contributed by atoms with E-state index >= 15 is 0 Å². The van der Waals surface area contributed by atoms with E-state index in [4.69, 9.17) is 39.5 Å². The number of rotatable bonds is 11. The number of carbonyl (C=O) groups is 2. The Labute approximate surface area is 227 Å². The van der Waals surface area contributed by atoms with E-state index in [2.05, 4.69) is 5.32 Å². The van der Waals surface area contributed by atoms with Crippen molar-refractivity contribution in [3.05, 3.63) is 57.0 Å². The van der Waals surface area contributed by atoms with Crippen molar-refractivity contribution in [1.29, 1.82) is 0 Å². The van der Waals surface area contributed by atoms with Crippen LogP contribution >= 0.6 is 34.8 Å². The molecule has 0 aliphatic heterocycles. The molecule has 36 heavy (non-hydrogen) atoms. The van der Waals surface area contributed by atoms with Crippen molar-refractivity contribution in [2.45, 2.75) is 33.4 Å². The van der Waals surface area contributed by atoms with Crippen molar-refractivity contribution in [1.82, 2.24) is 10.2 Å². The third-order valence-corrected chi connectivity index (χ3v) is 7.49. The molecule has 0 aliphatic carbocycles. The average Bonchev–Trinajstić information content (AvgIpc) is 2.79. The van der Waals surface area contributed by atoms with Crippen LogP contribution < -0.4 is 14.4 Å². The number of methoxy groups -OCH3 is 1. The number of sulfonamides is 1. The Morgan fingerprint density at radius 1 is 1.03 bits per heavy atom. The molecular formula is C24H30Cl3N3O5S. The molecule has 0 radical (unpaired) electrons. The third-order valence-electron chi connectivity index (χ3n) is 5.34. The van der Waals surface area contributed by atoms with Crippen LogP contribution in [0.15, 0.2) is 36.4 Å². The van der Waals surface area contributed by atoms with Gasteiger partial charge in [-0.25, -0.2) is 8.42 Å². The van der Waals surface area contributed by atoms with Crippen LogP contribution in [0.1, 0.15) is 26.3 Å². The van der Waals surface area contributed by atoms with E-state index in [1.165, 1.54) is 30.2 Å². The highest BCUT2D eigenvalue weighted by Crippen LogP contribution is 2.31. The summed E-state index contributed by atoms with van der Waals surface area (Å²) in [6.07, 6.45) is 0.979. The van der Waals surface area contributed by atoms with Crippen LogP contribution in [0.25, 0.3) is 0 Å². The zero-order valence-corrected chi connectivity index (χ0v) is 23.8. The fourth-order valence-corrected chi connectivity index (χ4v) is 4.92. The monoisotopic (exact) mass is 577 g/mol. The first kappa shape index (κ1) is 30.0. The molecule has 1 atom stereocenters. The molecule has 0 fully saturated rings. The topological polar surface area (TPSA) is 96.0 Å². The van der Waals surface area contributed by atoms with Gasteiger partial charge in [-0.05, 0) is 43.2 Å². The first-order valence-electron chi connectivity index (χ1n) is 11.1. The molecule has 0 heterocycles. The average molecular weight is 579 g/mol. The molecule has 8 nitrogen and oxygen atoms in total. The van der Waals surface area contributed by atoms with Gasteiger partial charge in [0.25, 0.3) is 0 Å². The summed E-state index contributed by atoms with van der Waals surface area (Å²) in [6, 6.07) is 8.34. The minimum absolute atomic E-state index is 0.103. The number of ether oxygens (including phenoxy) is 1. The highest BCUT2D eigenvalue weighted by atomic mass is 35.5. The van der Waals surface area contributed by atoms with Crippen LogP contribution in [0.3, 0.4) is 0 Å². The number of carbonyl (C=O) groups excluding carboxylic acids is 2. The summed E-state index contributed by atoms with van der Waals surface area (Å²) in [6.45, 7) is 5.19. The van der Waals surface area contributed by atoms with Crippen LogP contribution in [0.2, 0.25) is 15.1 Å². The lowest BCUT2D eigenvalue weighted by atomic mass is 10.1. The summed E-state index contributed by atoms with van der Waals surface area (Å²) in [5.41, 5.74) is 0.611. The van der Waals surface area contributed by atoms with Crippen molar-refractivity contribution in [3.63, 3.8) is 0 Å². The van der Waals surface area contributed by atoms with Crippen LogP contribution in [-0.2, 0) is 26.2 Å². The van der Waals surface area contributed by atoms with Gasteiger partial charge in [-0.15, -0.1) is 0 Å². The fourth-order valence-electron chi connectivity index (χ4n) is 3.31. The summed E-state index contributed by atoms with van der Waals surface area (Å²) in [4.78, 5) is 27.7. The van der Waals surface area contributed by atoms with Gasteiger partial charge in [0, 0.05) is 28.7 Å². The zero-order valence-electron chi connectivity index (χ0n) is 20.7. The number of benzene rings is 2. The molecule has 2 amide bonds. The van der Waals surface area contributed by atoms with Gasteiger partial charge in [-0.1, -0.05) is 54.7 Å². The Balaban J connectivity index is 2.45. The molecule has 1 N–H and O–H groups in total. The number of nitrogens with zero attached hydrogens (tertiary/aromatic N) is 2. The lowest BCUT2D eigenvalue weighted by molar-refractivity contribution is -0.139. The molecule has 12 heteroatoms. The molecule has 0 unspecified atom stereocenters. The lowest BCUT2D eigenvalue weighted by Gasteiger charge is -2.32. The number of hydrogen-bond acceptors (Lipinski definition) is 5. The van der Waals surface area contributed by atoms with Gasteiger partial charge >= 0.3 is 0 Å². The van der Waals surface area contributed by atoms with Gasteiger partial charge < -0.3 is 15.0 Å². The van der Waals surface area contributed by atoms with Crippen molar-refractivity contribution in [2.24, 2.45) is 5.92 Å². The second kappa shape index (κ2) is 12.9. The summed E-state index contributed by atoms with van der Waals surface area (Å²) in [5.74, 6) is -0.469. The van der Waals surface area contributed by atoms with Crippen molar-refractivity contribution >= 4 is 62.3 Å². The first-order chi connectivity index (χ1) is 16.8. The summed E-state index contributed by atoms with van der Waals surface area (Å²) < 4.78 is 31.4. The number of hydrogen-bond donors (Lipinski definition) is 1.